The molecule has 0 aliphatic carbocycles. The quantitative estimate of drug-likeness (QED) is 0.518. The largest absolute Gasteiger partial charge is 0.394 e. The Balaban J connectivity index is 1.58. The number of hydrogen-bond acceptors (Lipinski definition) is 3. The Bertz CT molecular complexity index is 1230. The van der Waals surface area contributed by atoms with E-state index in [1.165, 1.54) is 11.1 Å². The molecule has 4 nitrogen and oxygen atoms in total. The molecule has 0 radical (unpaired) electrons. The molecule has 0 saturated carbocycles. The van der Waals surface area contributed by atoms with Gasteiger partial charge in [-0.2, -0.15) is 0 Å². The minimum absolute atomic E-state index is 0.0272. The summed E-state index contributed by atoms with van der Waals surface area (Å²) in [6.45, 7) is 0.743. The van der Waals surface area contributed by atoms with E-state index >= 15 is 0 Å². The highest BCUT2D eigenvalue weighted by atomic mass is 16.3. The van der Waals surface area contributed by atoms with Crippen LogP contribution in [0.4, 0.5) is 5.82 Å². The summed E-state index contributed by atoms with van der Waals surface area (Å²) in [5.74, 6) is 0.902. The Morgan fingerprint density at radius 3 is 2.23 bits per heavy atom. The lowest BCUT2D eigenvalue weighted by Gasteiger charge is -2.28. The van der Waals surface area contributed by atoms with E-state index in [0.29, 0.717) is 6.54 Å². The Kier molecular flexibility index (Phi) is 5.31. The molecule has 31 heavy (non-hydrogen) atoms. The van der Waals surface area contributed by atoms with Crippen molar-refractivity contribution in [2.45, 2.75) is 24.9 Å². The SMILES string of the molecule is O=c1c2ccccc2cc2n1[C@@H](Cc1ccccc1)CN2[C@H](CO)Cc1ccccc1. The zero-order valence-corrected chi connectivity index (χ0v) is 17.4. The first kappa shape index (κ1) is 19.6. The van der Waals surface area contributed by atoms with Crippen molar-refractivity contribution in [2.75, 3.05) is 18.1 Å². The molecule has 2 atom stereocenters. The van der Waals surface area contributed by atoms with E-state index in [1.807, 2.05) is 65.2 Å². The molecule has 1 aliphatic heterocycles. The van der Waals surface area contributed by atoms with Gasteiger partial charge in [-0.1, -0.05) is 78.9 Å². The van der Waals surface area contributed by atoms with Crippen molar-refractivity contribution in [3.8, 4) is 0 Å². The summed E-state index contributed by atoms with van der Waals surface area (Å²) in [4.78, 5) is 15.7. The summed E-state index contributed by atoms with van der Waals surface area (Å²) in [6.07, 6.45) is 1.52. The minimum atomic E-state index is -0.0880. The number of pyridine rings is 1. The van der Waals surface area contributed by atoms with Gasteiger partial charge in [-0.05, 0) is 41.5 Å². The van der Waals surface area contributed by atoms with Gasteiger partial charge in [-0.25, -0.2) is 0 Å². The van der Waals surface area contributed by atoms with E-state index < -0.39 is 0 Å². The minimum Gasteiger partial charge on any atom is -0.394 e. The van der Waals surface area contributed by atoms with Gasteiger partial charge in [0.2, 0.25) is 0 Å². The van der Waals surface area contributed by atoms with Crippen LogP contribution in [0.15, 0.2) is 95.8 Å². The lowest BCUT2D eigenvalue weighted by molar-refractivity contribution is 0.258. The van der Waals surface area contributed by atoms with Crippen LogP contribution in [0.5, 0.6) is 0 Å². The number of hydrogen-bond donors (Lipinski definition) is 1. The van der Waals surface area contributed by atoms with Gasteiger partial charge in [0.1, 0.15) is 5.82 Å². The standard InChI is InChI=1S/C27H26N2O2/c30-19-24(16-21-11-5-2-6-12-21)28-18-23(15-20-9-3-1-4-10-20)29-26(28)17-22-13-7-8-14-25(22)27(29)31/h1-14,17,23-24,30H,15-16,18-19H2/t23-,24-/m0/s1. The molecular weight excluding hydrogens is 384 g/mol. The van der Waals surface area contributed by atoms with Crippen LogP contribution in [0.1, 0.15) is 17.2 Å². The summed E-state index contributed by atoms with van der Waals surface area (Å²) in [6, 6.07) is 30.4. The predicted octanol–water partition coefficient (Wildman–Crippen LogP) is 4.21. The van der Waals surface area contributed by atoms with Crippen molar-refractivity contribution >= 4 is 16.6 Å². The van der Waals surface area contributed by atoms with Gasteiger partial charge in [-0.15, -0.1) is 0 Å². The third-order valence-electron chi connectivity index (χ3n) is 6.29. The van der Waals surface area contributed by atoms with Crippen LogP contribution in [0, 0.1) is 0 Å². The maximum atomic E-state index is 13.5. The number of nitrogens with zero attached hydrogens (tertiary/aromatic N) is 2. The average Bonchev–Trinajstić information content (AvgIpc) is 3.17. The van der Waals surface area contributed by atoms with Crippen LogP contribution in [0.2, 0.25) is 0 Å². The Labute approximate surface area is 182 Å². The smallest absolute Gasteiger partial charge is 0.260 e. The molecule has 0 spiro atoms. The average molecular weight is 411 g/mol. The number of anilines is 1. The van der Waals surface area contributed by atoms with Gasteiger partial charge in [0.25, 0.3) is 5.56 Å². The summed E-state index contributed by atoms with van der Waals surface area (Å²) in [7, 11) is 0. The molecule has 1 N–H and O–H groups in total. The number of benzene rings is 3. The summed E-state index contributed by atoms with van der Waals surface area (Å²) < 4.78 is 1.95. The molecule has 0 saturated heterocycles. The molecule has 0 fully saturated rings. The van der Waals surface area contributed by atoms with Gasteiger partial charge in [0, 0.05) is 11.9 Å². The van der Waals surface area contributed by atoms with Crippen LogP contribution in [-0.2, 0) is 12.8 Å². The van der Waals surface area contributed by atoms with Gasteiger partial charge in [0.05, 0.1) is 18.7 Å². The van der Waals surface area contributed by atoms with E-state index in [-0.39, 0.29) is 24.2 Å². The van der Waals surface area contributed by atoms with E-state index in [4.69, 9.17) is 0 Å². The highest BCUT2D eigenvalue weighted by Crippen LogP contribution is 2.34. The highest BCUT2D eigenvalue weighted by Gasteiger charge is 2.34. The molecule has 4 aromatic rings. The van der Waals surface area contributed by atoms with Crippen molar-refractivity contribution in [3.05, 3.63) is 112 Å². The van der Waals surface area contributed by atoms with Crippen molar-refractivity contribution < 1.29 is 5.11 Å². The Morgan fingerprint density at radius 2 is 1.52 bits per heavy atom. The van der Waals surface area contributed by atoms with E-state index in [9.17, 15) is 9.90 Å². The van der Waals surface area contributed by atoms with Crippen molar-refractivity contribution in [2.24, 2.45) is 0 Å². The van der Waals surface area contributed by atoms with Gasteiger partial charge >= 0.3 is 0 Å². The third kappa shape index (κ3) is 3.75. The number of aromatic nitrogens is 1. The zero-order chi connectivity index (χ0) is 21.2. The second kappa shape index (κ2) is 8.40. The highest BCUT2D eigenvalue weighted by molar-refractivity contribution is 5.84. The predicted molar refractivity (Wildman–Crippen MR) is 126 cm³/mol. The Morgan fingerprint density at radius 1 is 0.871 bits per heavy atom. The zero-order valence-electron chi connectivity index (χ0n) is 17.4. The van der Waals surface area contributed by atoms with E-state index in [2.05, 4.69) is 35.2 Å². The fraction of sp³-hybridized carbons (Fsp3) is 0.222. The molecule has 156 valence electrons. The number of rotatable bonds is 6. The molecule has 3 aromatic carbocycles. The van der Waals surface area contributed by atoms with E-state index in [0.717, 1.165) is 29.4 Å². The second-order valence-corrected chi connectivity index (χ2v) is 8.29. The fourth-order valence-corrected chi connectivity index (χ4v) is 4.77. The molecule has 1 aromatic heterocycles. The first-order valence-electron chi connectivity index (χ1n) is 10.8. The van der Waals surface area contributed by atoms with Crippen molar-refractivity contribution in [3.63, 3.8) is 0 Å². The van der Waals surface area contributed by atoms with Crippen LogP contribution in [0.25, 0.3) is 10.8 Å². The molecule has 0 unspecified atom stereocenters. The lowest BCUT2D eigenvalue weighted by atomic mass is 10.0. The molecule has 5 rings (SSSR count). The number of aliphatic hydroxyl groups is 1. The summed E-state index contributed by atoms with van der Waals surface area (Å²) in [5.41, 5.74) is 2.44. The van der Waals surface area contributed by atoms with Crippen LogP contribution in [-0.4, -0.2) is 28.9 Å². The maximum absolute atomic E-state index is 13.5. The maximum Gasteiger partial charge on any atom is 0.260 e. The molecule has 4 heteroatoms. The first-order valence-corrected chi connectivity index (χ1v) is 10.8. The molecule has 1 aliphatic rings. The molecule has 0 amide bonds. The fourth-order valence-electron chi connectivity index (χ4n) is 4.77. The summed E-state index contributed by atoms with van der Waals surface area (Å²) in [5, 5.41) is 12.0. The van der Waals surface area contributed by atoms with Crippen LogP contribution < -0.4 is 10.5 Å². The van der Waals surface area contributed by atoms with Crippen LogP contribution >= 0.6 is 0 Å². The number of aliphatic hydroxyl groups excluding tert-OH is 1. The topological polar surface area (TPSA) is 45.5 Å². The Hall–Kier alpha value is -3.37. The molecular formula is C27H26N2O2. The lowest BCUT2D eigenvalue weighted by Crippen LogP contribution is -2.39. The normalized spacial score (nSPS) is 16.4. The summed E-state index contributed by atoms with van der Waals surface area (Å²) >= 11 is 0. The van der Waals surface area contributed by atoms with Gasteiger partial charge in [-0.3, -0.25) is 9.36 Å². The van der Waals surface area contributed by atoms with Gasteiger partial charge in [0.15, 0.2) is 0 Å². The molecule has 0 bridgehead atoms. The molecule has 2 heterocycles. The second-order valence-electron chi connectivity index (χ2n) is 8.29. The van der Waals surface area contributed by atoms with Crippen LogP contribution in [0.3, 0.4) is 0 Å². The first-order chi connectivity index (χ1) is 15.2. The van der Waals surface area contributed by atoms with Crippen molar-refractivity contribution in [1.29, 1.82) is 0 Å². The number of fused-ring (bicyclic) bond motifs is 2. The van der Waals surface area contributed by atoms with Gasteiger partial charge < -0.3 is 10.0 Å². The van der Waals surface area contributed by atoms with Crippen molar-refractivity contribution in [1.82, 2.24) is 4.57 Å². The van der Waals surface area contributed by atoms with E-state index in [1.54, 1.807) is 0 Å². The third-order valence-corrected chi connectivity index (χ3v) is 6.29. The monoisotopic (exact) mass is 410 g/mol.